The maximum absolute atomic E-state index is 11.2. The van der Waals surface area contributed by atoms with E-state index < -0.39 is 70.6 Å². The van der Waals surface area contributed by atoms with Crippen molar-refractivity contribution in [3.8, 4) is 0 Å². The van der Waals surface area contributed by atoms with Gasteiger partial charge in [-0.15, -0.1) is 0 Å². The molecule has 0 bridgehead atoms. The zero-order chi connectivity index (χ0) is 28.5. The number of hydrogen-bond acceptors (Lipinski definition) is 15. The summed E-state index contributed by atoms with van der Waals surface area (Å²) in [5.41, 5.74) is -18.1. The second-order valence-corrected chi connectivity index (χ2v) is 18.1. The molecule has 0 saturated carbocycles. The van der Waals surface area contributed by atoms with E-state index in [1.165, 1.54) is 0 Å². The molecule has 36 heavy (non-hydrogen) atoms. The van der Waals surface area contributed by atoms with Gasteiger partial charge >= 0.3 is 99.7 Å². The SMILES string of the molecule is O=S(=O)([O-])S(=O)(=O)C(F)(F)F.O=S(=O)([O-])S(=O)(=O)C(F)(F)F.O=S(=O)([O-])S(=O)(=O)C(F)(F)F.[Li+].[Li+].[Li+]. The molecule has 0 fully saturated rings. The van der Waals surface area contributed by atoms with Crippen molar-refractivity contribution in [3.63, 3.8) is 0 Å². The van der Waals surface area contributed by atoms with Crippen LogP contribution in [0.3, 0.4) is 0 Å². The second kappa shape index (κ2) is 14.4. The fraction of sp³-hybridized carbons (Fsp3) is 1.00. The van der Waals surface area contributed by atoms with Gasteiger partial charge < -0.3 is 13.7 Å². The third kappa shape index (κ3) is 13.2. The number of rotatable bonds is 3. The predicted molar refractivity (Wildman–Crippen MR) is 74.0 cm³/mol. The minimum atomic E-state index is -6.60. The standard InChI is InChI=1S/3CHF3O5S2.3Li/c3*2-1(3,4)10(5,6)11(7,8)9;;;/h3*(H,7,8,9);;;/q;;;3*+1/p-3. The van der Waals surface area contributed by atoms with E-state index in [2.05, 4.69) is 0 Å². The summed E-state index contributed by atoms with van der Waals surface area (Å²) in [5, 5.41) is 0. The molecule has 15 nitrogen and oxygen atoms in total. The van der Waals surface area contributed by atoms with Crippen molar-refractivity contribution >= 4 is 54.1 Å². The second-order valence-electron chi connectivity index (χ2n) is 3.92. The van der Waals surface area contributed by atoms with Crippen LogP contribution >= 0.6 is 0 Å². The average molecular weight is 660 g/mol. The van der Waals surface area contributed by atoms with Gasteiger partial charge in [0.05, 0.1) is 0 Å². The first kappa shape index (κ1) is 49.7. The van der Waals surface area contributed by atoms with Gasteiger partial charge in [0.15, 0.2) is 0 Å². The van der Waals surface area contributed by atoms with Crippen molar-refractivity contribution in [1.82, 2.24) is 0 Å². The molecule has 0 heterocycles. The largest absolute Gasteiger partial charge is 1.00 e. The Kier molecular flexibility index (Phi) is 19.9. The summed E-state index contributed by atoms with van der Waals surface area (Å²) in [6.07, 6.45) is 0. The summed E-state index contributed by atoms with van der Waals surface area (Å²) in [6, 6.07) is 0. The van der Waals surface area contributed by atoms with Gasteiger partial charge in [0.1, 0.15) is 0 Å². The molecule has 0 unspecified atom stereocenters. The van der Waals surface area contributed by atoms with Gasteiger partial charge in [-0.1, -0.05) is 0 Å². The molecular weight excluding hydrogens is 660 g/mol. The Balaban J connectivity index is -0.0000000900. The Labute approximate surface area is 229 Å². The van der Waals surface area contributed by atoms with Crippen LogP contribution in [0.1, 0.15) is 0 Å². The van der Waals surface area contributed by atoms with Crippen molar-refractivity contribution in [2.45, 2.75) is 16.5 Å². The number of alkyl halides is 9. The van der Waals surface area contributed by atoms with Gasteiger partial charge in [0.2, 0.25) is 27.5 Å². The average Bonchev–Trinajstić information content (AvgIpc) is 2.41. The zero-order valence-electron chi connectivity index (χ0n) is 16.5. The molecule has 0 N–H and O–H groups in total. The van der Waals surface area contributed by atoms with Gasteiger partial charge in [-0.2, -0.15) is 39.5 Å². The van der Waals surface area contributed by atoms with Gasteiger partial charge in [0, 0.05) is 0 Å². The molecule has 0 aromatic heterocycles. The third-order valence-electron chi connectivity index (χ3n) is 1.66. The molecule has 204 valence electrons. The first-order chi connectivity index (χ1) is 13.5. The van der Waals surface area contributed by atoms with Crippen molar-refractivity contribution in [3.05, 3.63) is 0 Å². The molecule has 0 radical (unpaired) electrons. The molecule has 0 aliphatic heterocycles. The van der Waals surface area contributed by atoms with Crippen LogP contribution in [0.5, 0.6) is 0 Å². The summed E-state index contributed by atoms with van der Waals surface area (Å²) in [7, 11) is -38.9. The van der Waals surface area contributed by atoms with Gasteiger partial charge in [-0.25, -0.2) is 50.5 Å². The maximum Gasteiger partial charge on any atom is 1.00 e. The van der Waals surface area contributed by atoms with Gasteiger partial charge in [-0.05, 0) is 0 Å². The third-order valence-corrected chi connectivity index (χ3v) is 11.5. The first-order valence-electron chi connectivity index (χ1n) is 5.31. The Bertz CT molecular complexity index is 1180. The Morgan fingerprint density at radius 2 is 0.417 bits per heavy atom. The molecule has 0 amide bonds. The van der Waals surface area contributed by atoms with E-state index in [9.17, 15) is 104 Å². The van der Waals surface area contributed by atoms with Crippen LogP contribution < -0.4 is 56.6 Å². The van der Waals surface area contributed by atoms with Crippen LogP contribution in [-0.2, 0) is 54.1 Å². The van der Waals surface area contributed by atoms with Crippen molar-refractivity contribution in [2.75, 3.05) is 0 Å². The molecule has 0 atom stereocenters. The molecule has 0 saturated heterocycles. The summed E-state index contributed by atoms with van der Waals surface area (Å²) in [6.45, 7) is 0. The van der Waals surface area contributed by atoms with Crippen LogP contribution in [0.4, 0.5) is 39.5 Å². The molecule has 0 spiro atoms. The minimum Gasteiger partial charge on any atom is -0.735 e. The fourth-order valence-electron chi connectivity index (χ4n) is 0.347. The molecule has 0 aromatic carbocycles. The van der Waals surface area contributed by atoms with Crippen LogP contribution in [0.25, 0.3) is 0 Å². The first-order valence-corrected chi connectivity index (χ1v) is 15.5. The summed E-state index contributed by atoms with van der Waals surface area (Å²) in [5.74, 6) is 0. The molecule has 0 aromatic rings. The van der Waals surface area contributed by atoms with Crippen molar-refractivity contribution < 1.29 is 160 Å². The Morgan fingerprint density at radius 1 is 0.333 bits per heavy atom. The summed E-state index contributed by atoms with van der Waals surface area (Å²) < 4.78 is 243. The van der Waals surface area contributed by atoms with Crippen molar-refractivity contribution in [2.24, 2.45) is 0 Å². The van der Waals surface area contributed by atoms with Crippen LogP contribution in [-0.4, -0.2) is 80.7 Å². The van der Waals surface area contributed by atoms with Crippen LogP contribution in [0, 0.1) is 0 Å². The normalized spacial score (nSPS) is 13.7. The van der Waals surface area contributed by atoms with E-state index >= 15 is 0 Å². The number of hydrogen-bond donors (Lipinski definition) is 0. The van der Waals surface area contributed by atoms with Gasteiger partial charge in [0.25, 0.3) is 0 Å². The van der Waals surface area contributed by atoms with Crippen molar-refractivity contribution in [1.29, 1.82) is 0 Å². The smallest absolute Gasteiger partial charge is 0.735 e. The topological polar surface area (TPSA) is 274 Å². The minimum absolute atomic E-state index is 0. The van der Waals surface area contributed by atoms with Crippen LogP contribution in [0.2, 0.25) is 0 Å². The van der Waals surface area contributed by atoms with E-state index in [-0.39, 0.29) is 56.6 Å². The summed E-state index contributed by atoms with van der Waals surface area (Å²) >= 11 is 0. The summed E-state index contributed by atoms with van der Waals surface area (Å²) in [4.78, 5) is 0. The predicted octanol–water partition coefficient (Wildman–Crippen LogP) is -10.8. The monoisotopic (exact) mass is 660 g/mol. The van der Waals surface area contributed by atoms with E-state index in [0.29, 0.717) is 0 Å². The molecule has 0 aliphatic carbocycles. The fourth-order valence-corrected chi connectivity index (χ4v) is 3.12. The van der Waals surface area contributed by atoms with E-state index in [4.69, 9.17) is 0 Å². The Hall–Kier alpha value is 0.742. The zero-order valence-corrected chi connectivity index (χ0v) is 21.4. The maximum atomic E-state index is 11.2. The molecular formula is C3F9Li3O15S6. The van der Waals surface area contributed by atoms with E-state index in [1.807, 2.05) is 0 Å². The number of halogens is 9. The Morgan fingerprint density at radius 3 is 0.417 bits per heavy atom. The van der Waals surface area contributed by atoms with E-state index in [1.54, 1.807) is 0 Å². The molecule has 33 heteroatoms. The quantitative estimate of drug-likeness (QED) is 0.118. The van der Waals surface area contributed by atoms with E-state index in [0.717, 1.165) is 0 Å². The molecule has 0 rings (SSSR count). The van der Waals surface area contributed by atoms with Crippen LogP contribution in [0.15, 0.2) is 0 Å². The van der Waals surface area contributed by atoms with Gasteiger partial charge in [-0.3, -0.25) is 0 Å². The molecule has 0 aliphatic rings.